The highest BCUT2D eigenvalue weighted by atomic mass is 32.2. The molecule has 1 fully saturated rings. The second kappa shape index (κ2) is 5.13. The molecule has 1 unspecified atom stereocenters. The minimum atomic E-state index is 0.599. The zero-order valence-corrected chi connectivity index (χ0v) is 11.4. The van der Waals surface area contributed by atoms with Gasteiger partial charge in [-0.2, -0.15) is 17.0 Å². The molecule has 18 heavy (non-hydrogen) atoms. The molecule has 1 aromatic heterocycles. The van der Waals surface area contributed by atoms with Gasteiger partial charge >= 0.3 is 0 Å². The SMILES string of the molecule is N#Cc1ccc(-c2csc(C3CCCS3)n2)cc1. The van der Waals surface area contributed by atoms with E-state index in [-0.39, 0.29) is 0 Å². The third-order valence-electron chi connectivity index (χ3n) is 3.04. The van der Waals surface area contributed by atoms with Crippen LogP contribution in [0.4, 0.5) is 0 Å². The maximum absolute atomic E-state index is 8.78. The molecule has 2 aromatic rings. The summed E-state index contributed by atoms with van der Waals surface area (Å²) in [6.45, 7) is 0. The van der Waals surface area contributed by atoms with Gasteiger partial charge in [0, 0.05) is 10.9 Å². The van der Waals surface area contributed by atoms with Gasteiger partial charge in [0.25, 0.3) is 0 Å². The molecule has 1 aliphatic heterocycles. The molecule has 2 nitrogen and oxygen atoms in total. The minimum absolute atomic E-state index is 0.599. The molecule has 90 valence electrons. The zero-order valence-electron chi connectivity index (χ0n) is 9.80. The summed E-state index contributed by atoms with van der Waals surface area (Å²) in [5, 5.41) is 12.7. The van der Waals surface area contributed by atoms with Gasteiger partial charge in [-0.25, -0.2) is 4.98 Å². The van der Waals surface area contributed by atoms with Crippen molar-refractivity contribution in [2.24, 2.45) is 0 Å². The Morgan fingerprint density at radius 2 is 2.11 bits per heavy atom. The van der Waals surface area contributed by atoms with Crippen molar-refractivity contribution in [3.05, 3.63) is 40.2 Å². The van der Waals surface area contributed by atoms with Crippen molar-refractivity contribution < 1.29 is 0 Å². The van der Waals surface area contributed by atoms with E-state index in [0.717, 1.165) is 11.3 Å². The lowest BCUT2D eigenvalue weighted by atomic mass is 10.1. The third kappa shape index (κ3) is 2.29. The standard InChI is InChI=1S/C14H12N2S2/c15-8-10-3-5-11(6-4-10)12-9-18-14(16-12)13-2-1-7-17-13/h3-6,9,13H,1-2,7H2. The minimum Gasteiger partial charge on any atom is -0.240 e. The fourth-order valence-electron chi connectivity index (χ4n) is 2.06. The van der Waals surface area contributed by atoms with Crippen molar-refractivity contribution in [1.82, 2.24) is 4.98 Å². The molecule has 0 bridgehead atoms. The quantitative estimate of drug-likeness (QED) is 0.820. The van der Waals surface area contributed by atoms with E-state index in [9.17, 15) is 0 Å². The summed E-state index contributed by atoms with van der Waals surface area (Å²) in [4.78, 5) is 4.73. The molecule has 3 rings (SSSR count). The van der Waals surface area contributed by atoms with Gasteiger partial charge in [-0.3, -0.25) is 0 Å². The van der Waals surface area contributed by atoms with Gasteiger partial charge < -0.3 is 0 Å². The molecule has 0 spiro atoms. The van der Waals surface area contributed by atoms with E-state index >= 15 is 0 Å². The van der Waals surface area contributed by atoms with E-state index in [4.69, 9.17) is 10.2 Å². The van der Waals surface area contributed by atoms with Gasteiger partial charge in [-0.1, -0.05) is 12.1 Å². The smallest absolute Gasteiger partial charge is 0.106 e. The van der Waals surface area contributed by atoms with Crippen LogP contribution in [0.3, 0.4) is 0 Å². The molecule has 0 amide bonds. The Bertz CT molecular complexity index is 575. The number of thiazole rings is 1. The molecule has 0 radical (unpaired) electrons. The molecule has 0 saturated carbocycles. The van der Waals surface area contributed by atoms with Gasteiger partial charge in [-0.15, -0.1) is 11.3 Å². The van der Waals surface area contributed by atoms with Crippen molar-refractivity contribution in [2.45, 2.75) is 18.1 Å². The number of aromatic nitrogens is 1. The first-order chi connectivity index (χ1) is 8.86. The van der Waals surface area contributed by atoms with Crippen molar-refractivity contribution in [2.75, 3.05) is 5.75 Å². The summed E-state index contributed by atoms with van der Waals surface area (Å²) in [5.74, 6) is 1.26. The molecule has 1 atom stereocenters. The molecule has 1 saturated heterocycles. The summed E-state index contributed by atoms with van der Waals surface area (Å²) in [5.41, 5.74) is 2.83. The van der Waals surface area contributed by atoms with Crippen LogP contribution in [0.15, 0.2) is 29.6 Å². The summed E-state index contributed by atoms with van der Waals surface area (Å²) < 4.78 is 0. The predicted octanol–water partition coefficient (Wildman–Crippen LogP) is 4.25. The number of nitriles is 1. The maximum atomic E-state index is 8.78. The fraction of sp³-hybridized carbons (Fsp3) is 0.286. The van der Waals surface area contributed by atoms with E-state index in [1.165, 1.54) is 23.6 Å². The van der Waals surface area contributed by atoms with E-state index in [2.05, 4.69) is 11.4 Å². The first-order valence-corrected chi connectivity index (χ1v) is 7.87. The van der Waals surface area contributed by atoms with Crippen molar-refractivity contribution >= 4 is 23.1 Å². The Hall–Kier alpha value is -1.31. The van der Waals surface area contributed by atoms with Crippen LogP contribution in [-0.2, 0) is 0 Å². The highest BCUT2D eigenvalue weighted by Crippen LogP contribution is 2.41. The maximum Gasteiger partial charge on any atom is 0.106 e. The van der Waals surface area contributed by atoms with E-state index in [1.54, 1.807) is 11.3 Å². The van der Waals surface area contributed by atoms with E-state index in [1.807, 2.05) is 36.0 Å². The summed E-state index contributed by atoms with van der Waals surface area (Å²) in [6, 6.07) is 9.77. The van der Waals surface area contributed by atoms with Gasteiger partial charge in [0.1, 0.15) is 5.01 Å². The van der Waals surface area contributed by atoms with Crippen molar-refractivity contribution in [1.29, 1.82) is 5.26 Å². The zero-order chi connectivity index (χ0) is 12.4. The summed E-state index contributed by atoms with van der Waals surface area (Å²) in [7, 11) is 0. The Morgan fingerprint density at radius 1 is 1.28 bits per heavy atom. The largest absolute Gasteiger partial charge is 0.240 e. The van der Waals surface area contributed by atoms with Crippen molar-refractivity contribution in [3.63, 3.8) is 0 Å². The van der Waals surface area contributed by atoms with E-state index < -0.39 is 0 Å². The van der Waals surface area contributed by atoms with Crippen LogP contribution in [0.1, 0.15) is 28.7 Å². The molecule has 0 aliphatic carbocycles. The number of benzene rings is 1. The first-order valence-electron chi connectivity index (χ1n) is 5.94. The molecule has 2 heterocycles. The average molecular weight is 272 g/mol. The predicted molar refractivity (Wildman–Crippen MR) is 76.7 cm³/mol. The highest BCUT2D eigenvalue weighted by molar-refractivity contribution is 7.99. The van der Waals surface area contributed by atoms with E-state index in [0.29, 0.717) is 10.8 Å². The van der Waals surface area contributed by atoms with Gasteiger partial charge in [0.2, 0.25) is 0 Å². The number of hydrogen-bond donors (Lipinski definition) is 0. The van der Waals surface area contributed by atoms with Gasteiger partial charge in [0.15, 0.2) is 0 Å². The van der Waals surface area contributed by atoms with Crippen LogP contribution < -0.4 is 0 Å². The molecular weight excluding hydrogens is 260 g/mol. The Morgan fingerprint density at radius 3 is 2.78 bits per heavy atom. The van der Waals surface area contributed by atoms with Crippen LogP contribution in [-0.4, -0.2) is 10.7 Å². The van der Waals surface area contributed by atoms with Gasteiger partial charge in [-0.05, 0) is 30.7 Å². The number of rotatable bonds is 2. The highest BCUT2D eigenvalue weighted by Gasteiger charge is 2.20. The molecule has 1 aliphatic rings. The fourth-order valence-corrected chi connectivity index (χ4v) is 4.42. The Kier molecular flexibility index (Phi) is 3.35. The van der Waals surface area contributed by atoms with Crippen LogP contribution in [0.25, 0.3) is 11.3 Å². The van der Waals surface area contributed by atoms with Crippen LogP contribution in [0.2, 0.25) is 0 Å². The first kappa shape index (κ1) is 11.8. The number of thioether (sulfide) groups is 1. The Labute approximate surface area is 115 Å². The molecule has 4 heteroatoms. The average Bonchev–Trinajstić information content (AvgIpc) is 3.09. The van der Waals surface area contributed by atoms with Crippen molar-refractivity contribution in [3.8, 4) is 17.3 Å². The summed E-state index contributed by atoms with van der Waals surface area (Å²) >= 11 is 3.77. The van der Waals surface area contributed by atoms with Crippen LogP contribution >= 0.6 is 23.1 Å². The normalized spacial score (nSPS) is 18.7. The van der Waals surface area contributed by atoms with Gasteiger partial charge in [0.05, 0.1) is 22.6 Å². The number of hydrogen-bond acceptors (Lipinski definition) is 4. The monoisotopic (exact) mass is 272 g/mol. The lowest BCUT2D eigenvalue weighted by Gasteiger charge is -2.02. The lowest BCUT2D eigenvalue weighted by molar-refractivity contribution is 0.823. The Balaban J connectivity index is 1.85. The second-order valence-electron chi connectivity index (χ2n) is 4.26. The lowest BCUT2D eigenvalue weighted by Crippen LogP contribution is -1.87. The number of nitrogens with zero attached hydrogens (tertiary/aromatic N) is 2. The molecule has 0 N–H and O–H groups in total. The summed E-state index contributed by atoms with van der Waals surface area (Å²) in [6.07, 6.45) is 2.56. The third-order valence-corrected chi connectivity index (χ3v) is 5.53. The second-order valence-corrected chi connectivity index (χ2v) is 6.46. The molecule has 1 aromatic carbocycles. The van der Waals surface area contributed by atoms with Crippen LogP contribution in [0.5, 0.6) is 0 Å². The topological polar surface area (TPSA) is 36.7 Å². The molecular formula is C14H12N2S2. The van der Waals surface area contributed by atoms with Crippen LogP contribution in [0, 0.1) is 11.3 Å².